The number of benzene rings is 3. The van der Waals surface area contributed by atoms with E-state index in [4.69, 9.17) is 39.5 Å². The first-order valence-corrected chi connectivity index (χ1v) is 14.4. The van der Waals surface area contributed by atoms with Gasteiger partial charge in [0.25, 0.3) is 0 Å². The molecule has 14 heteroatoms. The Kier molecular flexibility index (Phi) is 9.60. The Morgan fingerprint density at radius 2 is 1.56 bits per heavy atom. The largest absolute Gasteiger partial charge is 0.460 e. The summed E-state index contributed by atoms with van der Waals surface area (Å²) in [6, 6.07) is 7.95. The van der Waals surface area contributed by atoms with Crippen molar-refractivity contribution < 1.29 is 45.5 Å². The number of ketones is 1. The number of Topliss-reactive ketones (excluding diaryl/α,β-unsaturated/α-hetero) is 1. The minimum atomic E-state index is -4.99. The van der Waals surface area contributed by atoms with Crippen molar-refractivity contribution in [2.24, 2.45) is 5.92 Å². The van der Waals surface area contributed by atoms with E-state index in [1.54, 1.807) is 20.8 Å². The molecule has 0 aliphatic heterocycles. The highest BCUT2D eigenvalue weighted by Gasteiger charge is 2.67. The van der Waals surface area contributed by atoms with Crippen LogP contribution in [0.15, 0.2) is 48.5 Å². The lowest BCUT2D eigenvalue weighted by Gasteiger charge is -2.20. The molecule has 0 radical (unpaired) electrons. The number of carbonyl (C=O) groups excluding carboxylic acids is 3. The molecule has 45 heavy (non-hydrogen) atoms. The van der Waals surface area contributed by atoms with Crippen LogP contribution in [0.4, 0.5) is 32.0 Å². The molecule has 1 aliphatic carbocycles. The molecule has 1 N–H and O–H groups in total. The van der Waals surface area contributed by atoms with Crippen LogP contribution >= 0.6 is 34.8 Å². The molecule has 1 aliphatic rings. The predicted octanol–water partition coefficient (Wildman–Crippen LogP) is 8.61. The highest BCUT2D eigenvalue weighted by molar-refractivity contribution is 6.53. The number of hydrogen-bond acceptors (Lipinski definition) is 4. The Balaban J connectivity index is 1.51. The second-order valence-corrected chi connectivity index (χ2v) is 13.3. The zero-order chi connectivity index (χ0) is 33.6. The van der Waals surface area contributed by atoms with Gasteiger partial charge in [0.1, 0.15) is 27.4 Å². The highest BCUT2D eigenvalue weighted by Crippen LogP contribution is 2.65. The standard InChI is InChI=1S/C31H24Cl3F6NO4/c1-29(2,3)45-24(43)13-18-21(35)8-5-15(27(18)37)11-23(42)17-12-16(6-7-20(17)32)41-28(44)26-25(30(26,33)34)14-4-9-22(36)19(10-14)31(38,39)40/h4-10,12,25-26H,11,13H2,1-3H3,(H,41,44). The van der Waals surface area contributed by atoms with E-state index in [2.05, 4.69) is 5.32 Å². The fraction of sp³-hybridized carbons (Fsp3) is 0.323. The van der Waals surface area contributed by atoms with E-state index in [0.29, 0.717) is 12.1 Å². The summed E-state index contributed by atoms with van der Waals surface area (Å²) in [6.45, 7) is 4.78. The van der Waals surface area contributed by atoms with Gasteiger partial charge in [0, 0.05) is 29.2 Å². The maximum Gasteiger partial charge on any atom is 0.419 e. The van der Waals surface area contributed by atoms with Crippen LogP contribution in [0.3, 0.4) is 0 Å². The lowest BCUT2D eigenvalue weighted by molar-refractivity contribution is -0.154. The van der Waals surface area contributed by atoms with Crippen molar-refractivity contribution in [3.63, 3.8) is 0 Å². The molecule has 2 unspecified atom stereocenters. The quantitative estimate of drug-likeness (QED) is 0.111. The van der Waals surface area contributed by atoms with Crippen molar-refractivity contribution in [2.45, 2.75) is 55.6 Å². The van der Waals surface area contributed by atoms with Gasteiger partial charge in [-0.3, -0.25) is 14.4 Å². The van der Waals surface area contributed by atoms with Gasteiger partial charge in [0.2, 0.25) is 5.91 Å². The Morgan fingerprint density at radius 3 is 2.18 bits per heavy atom. The number of nitrogens with one attached hydrogen (secondary N) is 1. The van der Waals surface area contributed by atoms with Gasteiger partial charge in [-0.05, 0) is 68.3 Å². The van der Waals surface area contributed by atoms with Crippen LogP contribution < -0.4 is 5.32 Å². The number of esters is 1. The lowest BCUT2D eigenvalue weighted by atomic mass is 9.98. The monoisotopic (exact) mass is 693 g/mol. The number of anilines is 1. The number of alkyl halides is 5. The first-order chi connectivity index (χ1) is 20.7. The van der Waals surface area contributed by atoms with Crippen LogP contribution in [0, 0.1) is 23.4 Å². The summed E-state index contributed by atoms with van der Waals surface area (Å²) in [5, 5.41) is 2.42. The fourth-order valence-corrected chi connectivity index (χ4v) is 5.84. The minimum absolute atomic E-state index is 0.0304. The van der Waals surface area contributed by atoms with Gasteiger partial charge in [0.05, 0.1) is 22.9 Å². The summed E-state index contributed by atoms with van der Waals surface area (Å²) in [4.78, 5) is 38.4. The van der Waals surface area contributed by atoms with Crippen molar-refractivity contribution in [3.05, 3.63) is 98.8 Å². The van der Waals surface area contributed by atoms with Crippen LogP contribution in [0.25, 0.3) is 0 Å². The molecule has 4 rings (SSSR count). The summed E-state index contributed by atoms with van der Waals surface area (Å²) in [7, 11) is 0. The van der Waals surface area contributed by atoms with E-state index in [1.165, 1.54) is 18.2 Å². The Labute approximate surface area is 268 Å². The Bertz CT molecular complexity index is 1690. The van der Waals surface area contributed by atoms with E-state index in [0.717, 1.165) is 18.2 Å². The van der Waals surface area contributed by atoms with Crippen molar-refractivity contribution in [2.75, 3.05) is 5.32 Å². The van der Waals surface area contributed by atoms with E-state index >= 15 is 4.39 Å². The van der Waals surface area contributed by atoms with Gasteiger partial charge >= 0.3 is 12.1 Å². The SMILES string of the molecule is CC(C)(C)OC(=O)Cc1c(F)ccc(CC(=O)c2cc(NC(=O)C3C(c4ccc(F)c(C(F)(F)F)c4)C3(Cl)Cl)ccc2Cl)c1F. The molecule has 3 aromatic rings. The summed E-state index contributed by atoms with van der Waals surface area (Å²) >= 11 is 18.7. The average Bonchev–Trinajstić information content (AvgIpc) is 3.49. The third-order valence-corrected chi connectivity index (χ3v) is 8.15. The van der Waals surface area contributed by atoms with Crippen molar-refractivity contribution in [3.8, 4) is 0 Å². The Morgan fingerprint density at radius 1 is 0.911 bits per heavy atom. The van der Waals surface area contributed by atoms with Crippen LogP contribution in [-0.2, 0) is 33.3 Å². The zero-order valence-electron chi connectivity index (χ0n) is 23.7. The van der Waals surface area contributed by atoms with Gasteiger partial charge in [-0.25, -0.2) is 13.2 Å². The number of ether oxygens (including phenoxy) is 1. The fourth-order valence-electron chi connectivity index (χ4n) is 4.79. The maximum atomic E-state index is 15.2. The van der Waals surface area contributed by atoms with Gasteiger partial charge in [-0.15, -0.1) is 23.2 Å². The lowest BCUT2D eigenvalue weighted by Crippen LogP contribution is -2.25. The molecule has 0 aromatic heterocycles. The molecule has 240 valence electrons. The number of hydrogen-bond donors (Lipinski definition) is 1. The van der Waals surface area contributed by atoms with E-state index in [-0.39, 0.29) is 27.4 Å². The van der Waals surface area contributed by atoms with Gasteiger partial charge < -0.3 is 10.1 Å². The molecule has 3 aromatic carbocycles. The van der Waals surface area contributed by atoms with Crippen molar-refractivity contribution >= 4 is 58.1 Å². The predicted molar refractivity (Wildman–Crippen MR) is 156 cm³/mol. The van der Waals surface area contributed by atoms with Crippen LogP contribution in [-0.4, -0.2) is 27.6 Å². The molecule has 1 amide bonds. The zero-order valence-corrected chi connectivity index (χ0v) is 26.0. The van der Waals surface area contributed by atoms with E-state index in [1.807, 2.05) is 0 Å². The smallest absolute Gasteiger partial charge is 0.419 e. The van der Waals surface area contributed by atoms with Crippen LogP contribution in [0.1, 0.15) is 59.3 Å². The molecule has 0 spiro atoms. The van der Waals surface area contributed by atoms with Gasteiger partial charge in [-0.1, -0.05) is 23.7 Å². The molecule has 1 saturated carbocycles. The summed E-state index contributed by atoms with van der Waals surface area (Å²) < 4.78 is 86.3. The van der Waals surface area contributed by atoms with E-state index in [9.17, 15) is 36.3 Å². The number of halogens is 9. The molecular weight excluding hydrogens is 671 g/mol. The molecule has 1 fully saturated rings. The normalized spacial score (nSPS) is 17.5. The summed E-state index contributed by atoms with van der Waals surface area (Å²) in [5.41, 5.74) is -3.44. The topological polar surface area (TPSA) is 72.5 Å². The number of rotatable bonds is 8. The molecule has 0 saturated heterocycles. The summed E-state index contributed by atoms with van der Waals surface area (Å²) in [6.07, 6.45) is -6.29. The van der Waals surface area contributed by atoms with Gasteiger partial charge in [0.15, 0.2) is 5.78 Å². The molecule has 5 nitrogen and oxygen atoms in total. The first-order valence-electron chi connectivity index (χ1n) is 13.3. The third-order valence-electron chi connectivity index (χ3n) is 6.88. The second kappa shape index (κ2) is 12.5. The molecular formula is C31H24Cl3F6NO4. The minimum Gasteiger partial charge on any atom is -0.460 e. The van der Waals surface area contributed by atoms with Crippen LogP contribution in [0.5, 0.6) is 0 Å². The van der Waals surface area contributed by atoms with E-state index < -0.39 is 87.0 Å². The average molecular weight is 695 g/mol. The number of amides is 1. The summed E-state index contributed by atoms with van der Waals surface area (Å²) in [5.74, 6) is -8.34. The Hall–Kier alpha value is -3.28. The molecule has 0 heterocycles. The van der Waals surface area contributed by atoms with Crippen molar-refractivity contribution in [1.29, 1.82) is 0 Å². The third kappa shape index (κ3) is 7.76. The first kappa shape index (κ1) is 34.6. The van der Waals surface area contributed by atoms with Crippen LogP contribution in [0.2, 0.25) is 5.02 Å². The van der Waals surface area contributed by atoms with Gasteiger partial charge in [-0.2, -0.15) is 13.2 Å². The van der Waals surface area contributed by atoms with Crippen molar-refractivity contribution in [1.82, 2.24) is 0 Å². The molecule has 0 bridgehead atoms. The number of carbonyl (C=O) groups is 3. The molecule has 2 atom stereocenters. The second-order valence-electron chi connectivity index (χ2n) is 11.4. The highest BCUT2D eigenvalue weighted by atomic mass is 35.5. The maximum absolute atomic E-state index is 15.2.